The molecule has 1 aromatic heterocycles. The summed E-state index contributed by atoms with van der Waals surface area (Å²) in [6.07, 6.45) is 5.22. The lowest BCUT2D eigenvalue weighted by Crippen LogP contribution is -2.38. The summed E-state index contributed by atoms with van der Waals surface area (Å²) < 4.78 is 0. The number of nitrogens with one attached hydrogen (secondary N) is 1. The molecule has 2 aliphatic rings. The van der Waals surface area contributed by atoms with Crippen molar-refractivity contribution in [2.75, 3.05) is 38.0 Å². The molecule has 5 nitrogen and oxygen atoms in total. The van der Waals surface area contributed by atoms with E-state index in [0.29, 0.717) is 18.5 Å². The average molecular weight is 324 g/mol. The minimum absolute atomic E-state index is 0.296. The third kappa shape index (κ3) is 3.36. The Morgan fingerprint density at radius 3 is 2.96 bits per heavy atom. The van der Waals surface area contributed by atoms with Crippen LogP contribution in [0.25, 0.3) is 10.9 Å². The highest BCUT2D eigenvalue weighted by molar-refractivity contribution is 5.82. The monoisotopic (exact) mass is 324 g/mol. The summed E-state index contributed by atoms with van der Waals surface area (Å²) in [7, 11) is 0. The quantitative estimate of drug-likeness (QED) is 0.938. The van der Waals surface area contributed by atoms with Crippen LogP contribution >= 0.6 is 0 Å². The second kappa shape index (κ2) is 6.77. The Labute approximate surface area is 142 Å². The topological polar surface area (TPSA) is 48.5 Å². The molecule has 1 atom stereocenters. The van der Waals surface area contributed by atoms with Crippen molar-refractivity contribution in [3.05, 3.63) is 36.5 Å². The first-order valence-electron chi connectivity index (χ1n) is 8.89. The molecule has 0 saturated carbocycles. The molecule has 0 bridgehead atoms. The minimum atomic E-state index is 0.296. The fourth-order valence-corrected chi connectivity index (χ4v) is 3.75. The van der Waals surface area contributed by atoms with Crippen LogP contribution in [-0.2, 0) is 4.79 Å². The van der Waals surface area contributed by atoms with Crippen LogP contribution in [0.3, 0.4) is 0 Å². The molecule has 1 amide bonds. The van der Waals surface area contributed by atoms with E-state index in [9.17, 15) is 4.79 Å². The largest absolute Gasteiger partial charge is 0.381 e. The summed E-state index contributed by atoms with van der Waals surface area (Å²) in [5.74, 6) is 0.296. The van der Waals surface area contributed by atoms with E-state index in [0.717, 1.165) is 62.0 Å². The smallest absolute Gasteiger partial charge is 0.236 e. The third-order valence-electron chi connectivity index (χ3n) is 5.06. The molecule has 0 unspecified atom stereocenters. The van der Waals surface area contributed by atoms with Crippen LogP contribution in [0.15, 0.2) is 36.5 Å². The lowest BCUT2D eigenvalue weighted by atomic mass is 10.2. The van der Waals surface area contributed by atoms with Gasteiger partial charge in [0.25, 0.3) is 0 Å². The van der Waals surface area contributed by atoms with E-state index < -0.39 is 0 Å². The number of anilines is 1. The van der Waals surface area contributed by atoms with E-state index in [1.54, 1.807) is 0 Å². The number of fused-ring (bicyclic) bond motifs is 1. The first kappa shape index (κ1) is 15.4. The maximum absolute atomic E-state index is 12.3. The zero-order valence-corrected chi connectivity index (χ0v) is 13.9. The van der Waals surface area contributed by atoms with E-state index in [-0.39, 0.29) is 0 Å². The van der Waals surface area contributed by atoms with Gasteiger partial charge in [-0.05, 0) is 43.5 Å². The number of rotatable bonds is 4. The Kier molecular flexibility index (Phi) is 4.34. The maximum Gasteiger partial charge on any atom is 0.236 e. The van der Waals surface area contributed by atoms with Crippen LogP contribution in [0, 0.1) is 0 Å². The summed E-state index contributed by atoms with van der Waals surface area (Å²) in [4.78, 5) is 20.9. The number of hydrogen-bond donors (Lipinski definition) is 1. The number of carbonyl (C=O) groups excluding carboxylic acids is 1. The van der Waals surface area contributed by atoms with Crippen molar-refractivity contribution in [3.63, 3.8) is 0 Å². The molecule has 2 fully saturated rings. The number of aromatic nitrogens is 1. The van der Waals surface area contributed by atoms with E-state index in [2.05, 4.69) is 39.5 Å². The number of pyridine rings is 1. The molecule has 4 rings (SSSR count). The molecule has 0 radical (unpaired) electrons. The normalized spacial score (nSPS) is 21.5. The van der Waals surface area contributed by atoms with Gasteiger partial charge >= 0.3 is 0 Å². The number of hydrogen-bond acceptors (Lipinski definition) is 4. The summed E-state index contributed by atoms with van der Waals surface area (Å²) >= 11 is 0. The van der Waals surface area contributed by atoms with E-state index >= 15 is 0 Å². The highest BCUT2D eigenvalue weighted by atomic mass is 16.2. The van der Waals surface area contributed by atoms with Gasteiger partial charge in [0.15, 0.2) is 0 Å². The van der Waals surface area contributed by atoms with Crippen LogP contribution in [0.5, 0.6) is 0 Å². The van der Waals surface area contributed by atoms with Crippen molar-refractivity contribution >= 4 is 22.5 Å². The average Bonchev–Trinajstić information content (AvgIpc) is 3.27. The maximum atomic E-state index is 12.3. The lowest BCUT2D eigenvalue weighted by molar-refractivity contribution is -0.131. The standard InChI is InChI=1S/C19H24N4O/c24-19(23-9-1-2-10-23)14-22-11-7-17(13-22)21-16-5-6-18-15(12-16)4-3-8-20-18/h3-6,8,12,17,21H,1-2,7,9-11,13-14H2/t17-/m0/s1. The van der Waals surface area contributed by atoms with Gasteiger partial charge in [-0.15, -0.1) is 0 Å². The van der Waals surface area contributed by atoms with Gasteiger partial charge in [-0.25, -0.2) is 0 Å². The SMILES string of the molecule is O=C(CN1CC[C@H](Nc2ccc3ncccc3c2)C1)N1CCCC1. The third-order valence-corrected chi connectivity index (χ3v) is 5.06. The fourth-order valence-electron chi connectivity index (χ4n) is 3.75. The molecule has 126 valence electrons. The first-order chi connectivity index (χ1) is 11.8. The Balaban J connectivity index is 1.33. The number of benzene rings is 1. The van der Waals surface area contributed by atoms with Crippen molar-refractivity contribution in [1.29, 1.82) is 0 Å². The van der Waals surface area contributed by atoms with Gasteiger partial charge in [-0.3, -0.25) is 14.7 Å². The van der Waals surface area contributed by atoms with Crippen molar-refractivity contribution in [2.45, 2.75) is 25.3 Å². The molecule has 5 heteroatoms. The number of likely N-dealkylation sites (tertiary alicyclic amines) is 2. The molecule has 1 N–H and O–H groups in total. The Bertz CT molecular complexity index is 726. The summed E-state index contributed by atoms with van der Waals surface area (Å²) in [6.45, 7) is 4.38. The molecule has 0 spiro atoms. The van der Waals surface area contributed by atoms with Crippen LogP contribution < -0.4 is 5.32 Å². The molecule has 0 aliphatic carbocycles. The van der Waals surface area contributed by atoms with Crippen LogP contribution in [-0.4, -0.2) is 59.5 Å². The van der Waals surface area contributed by atoms with E-state index in [4.69, 9.17) is 0 Å². The van der Waals surface area contributed by atoms with Crippen molar-refractivity contribution in [2.24, 2.45) is 0 Å². The number of nitrogens with zero attached hydrogens (tertiary/aromatic N) is 3. The number of amides is 1. The van der Waals surface area contributed by atoms with Gasteiger partial charge in [0.1, 0.15) is 0 Å². The molecule has 24 heavy (non-hydrogen) atoms. The Morgan fingerprint density at radius 1 is 1.21 bits per heavy atom. The lowest BCUT2D eigenvalue weighted by Gasteiger charge is -2.21. The van der Waals surface area contributed by atoms with Gasteiger partial charge in [-0.2, -0.15) is 0 Å². The van der Waals surface area contributed by atoms with Gasteiger partial charge < -0.3 is 10.2 Å². The second-order valence-corrected chi connectivity index (χ2v) is 6.86. The predicted octanol–water partition coefficient (Wildman–Crippen LogP) is 2.34. The van der Waals surface area contributed by atoms with Crippen molar-refractivity contribution in [1.82, 2.24) is 14.8 Å². The van der Waals surface area contributed by atoms with E-state index in [1.807, 2.05) is 17.2 Å². The minimum Gasteiger partial charge on any atom is -0.381 e. The van der Waals surface area contributed by atoms with Crippen LogP contribution in [0.4, 0.5) is 5.69 Å². The Hall–Kier alpha value is -2.14. The molecule has 2 aliphatic heterocycles. The molecule has 2 aromatic rings. The van der Waals surface area contributed by atoms with Gasteiger partial charge in [0.05, 0.1) is 12.1 Å². The van der Waals surface area contributed by atoms with Crippen molar-refractivity contribution in [3.8, 4) is 0 Å². The van der Waals surface area contributed by atoms with Gasteiger partial charge in [0, 0.05) is 49.5 Å². The summed E-state index contributed by atoms with van der Waals surface area (Å²) in [5, 5.41) is 4.77. The summed E-state index contributed by atoms with van der Waals surface area (Å²) in [5.41, 5.74) is 2.15. The highest BCUT2D eigenvalue weighted by Gasteiger charge is 2.26. The first-order valence-corrected chi connectivity index (χ1v) is 8.89. The summed E-state index contributed by atoms with van der Waals surface area (Å²) in [6, 6.07) is 10.8. The zero-order chi connectivity index (χ0) is 16.4. The van der Waals surface area contributed by atoms with Crippen LogP contribution in [0.1, 0.15) is 19.3 Å². The fraction of sp³-hybridized carbons (Fsp3) is 0.474. The zero-order valence-electron chi connectivity index (χ0n) is 13.9. The van der Waals surface area contributed by atoms with Gasteiger partial charge in [-0.1, -0.05) is 6.07 Å². The molecule has 1 aromatic carbocycles. The van der Waals surface area contributed by atoms with Crippen molar-refractivity contribution < 1.29 is 4.79 Å². The number of carbonyl (C=O) groups is 1. The predicted molar refractivity (Wildman–Crippen MR) is 96.0 cm³/mol. The Morgan fingerprint density at radius 2 is 2.08 bits per heavy atom. The molecular formula is C19H24N4O. The molecule has 3 heterocycles. The highest BCUT2D eigenvalue weighted by Crippen LogP contribution is 2.20. The van der Waals surface area contributed by atoms with E-state index in [1.165, 1.54) is 0 Å². The van der Waals surface area contributed by atoms with Gasteiger partial charge in [0.2, 0.25) is 5.91 Å². The molecular weight excluding hydrogens is 300 g/mol. The molecule has 2 saturated heterocycles. The van der Waals surface area contributed by atoms with Crippen LogP contribution in [0.2, 0.25) is 0 Å². The second-order valence-electron chi connectivity index (χ2n) is 6.86.